The molecule has 0 aliphatic heterocycles. The van der Waals surface area contributed by atoms with E-state index in [4.69, 9.17) is 0 Å². The van der Waals surface area contributed by atoms with Crippen molar-refractivity contribution in [1.29, 1.82) is 0 Å². The maximum atomic E-state index is 10.5. The van der Waals surface area contributed by atoms with Gasteiger partial charge in [0, 0.05) is 5.69 Å². The number of hydrogen-bond acceptors (Lipinski definition) is 2. The van der Waals surface area contributed by atoms with Gasteiger partial charge in [0.2, 0.25) is 0 Å². The van der Waals surface area contributed by atoms with Crippen LogP contribution in [0.15, 0.2) is 30.3 Å². The van der Waals surface area contributed by atoms with Gasteiger partial charge in [-0.25, -0.2) is 0 Å². The van der Waals surface area contributed by atoms with Crippen LogP contribution in [0, 0.1) is 0 Å². The minimum Gasteiger partial charge on any atom is -0.386 e. The van der Waals surface area contributed by atoms with Gasteiger partial charge in [-0.2, -0.15) is 5.10 Å². The molecule has 1 aliphatic carbocycles. The Morgan fingerprint density at radius 1 is 1.26 bits per heavy atom. The van der Waals surface area contributed by atoms with E-state index in [1.165, 1.54) is 11.3 Å². The standard InChI is InChI=1S/C16H20N2O/c1-3-12-10-13(4-2)18(17-12)15-9-11-7-5-6-8-14(11)16(15)19/h5-8,10,15-16,19H,3-4,9H2,1-2H3. The van der Waals surface area contributed by atoms with Crippen molar-refractivity contribution in [3.05, 3.63) is 52.8 Å². The smallest absolute Gasteiger partial charge is 0.102 e. The second kappa shape index (κ2) is 4.82. The minimum atomic E-state index is -0.439. The SMILES string of the molecule is CCc1cc(CC)n(C2Cc3ccccc3C2O)n1. The molecule has 3 heteroatoms. The predicted molar refractivity (Wildman–Crippen MR) is 75.1 cm³/mol. The molecule has 0 radical (unpaired) electrons. The highest BCUT2D eigenvalue weighted by Crippen LogP contribution is 2.39. The van der Waals surface area contributed by atoms with E-state index in [1.807, 2.05) is 22.9 Å². The summed E-state index contributed by atoms with van der Waals surface area (Å²) < 4.78 is 2.05. The summed E-state index contributed by atoms with van der Waals surface area (Å²) in [6.45, 7) is 4.26. The molecule has 0 amide bonds. The Balaban J connectivity index is 1.99. The Morgan fingerprint density at radius 2 is 2.05 bits per heavy atom. The van der Waals surface area contributed by atoms with Crippen LogP contribution in [-0.4, -0.2) is 14.9 Å². The fourth-order valence-corrected chi connectivity index (χ4v) is 2.99. The summed E-state index contributed by atoms with van der Waals surface area (Å²) in [6.07, 6.45) is 2.32. The van der Waals surface area contributed by atoms with Gasteiger partial charge in [-0.3, -0.25) is 4.68 Å². The van der Waals surface area contributed by atoms with Crippen LogP contribution in [0.4, 0.5) is 0 Å². The van der Waals surface area contributed by atoms with Gasteiger partial charge in [0.05, 0.1) is 11.7 Å². The number of nitrogens with zero attached hydrogens (tertiary/aromatic N) is 2. The molecule has 1 aromatic carbocycles. The number of aliphatic hydroxyl groups excluding tert-OH is 1. The summed E-state index contributed by atoms with van der Waals surface area (Å²) in [5, 5.41) is 15.2. The summed E-state index contributed by atoms with van der Waals surface area (Å²) in [5.41, 5.74) is 4.63. The molecule has 0 fully saturated rings. The van der Waals surface area contributed by atoms with Gasteiger partial charge in [0.15, 0.2) is 0 Å². The molecule has 100 valence electrons. The van der Waals surface area contributed by atoms with Crippen LogP contribution >= 0.6 is 0 Å². The van der Waals surface area contributed by atoms with Crippen LogP contribution in [0.3, 0.4) is 0 Å². The molecular weight excluding hydrogens is 236 g/mol. The van der Waals surface area contributed by atoms with E-state index in [0.29, 0.717) is 0 Å². The van der Waals surface area contributed by atoms with E-state index >= 15 is 0 Å². The van der Waals surface area contributed by atoms with Gasteiger partial charge < -0.3 is 5.11 Å². The first-order valence-corrected chi connectivity index (χ1v) is 7.07. The summed E-state index contributed by atoms with van der Waals surface area (Å²) >= 11 is 0. The number of aromatic nitrogens is 2. The molecular formula is C16H20N2O. The van der Waals surface area contributed by atoms with Crippen LogP contribution in [0.5, 0.6) is 0 Å². The zero-order chi connectivity index (χ0) is 13.4. The first kappa shape index (κ1) is 12.4. The molecule has 3 nitrogen and oxygen atoms in total. The lowest BCUT2D eigenvalue weighted by molar-refractivity contribution is 0.119. The average molecular weight is 256 g/mol. The number of aryl methyl sites for hydroxylation is 2. The molecule has 0 saturated heterocycles. The molecule has 1 heterocycles. The molecule has 1 aromatic heterocycles. The monoisotopic (exact) mass is 256 g/mol. The minimum absolute atomic E-state index is 0.0487. The van der Waals surface area contributed by atoms with Gasteiger partial charge in [0.25, 0.3) is 0 Å². The fourth-order valence-electron chi connectivity index (χ4n) is 2.99. The van der Waals surface area contributed by atoms with E-state index in [9.17, 15) is 5.11 Å². The zero-order valence-corrected chi connectivity index (χ0v) is 11.5. The van der Waals surface area contributed by atoms with Crippen molar-refractivity contribution in [2.45, 2.75) is 45.3 Å². The van der Waals surface area contributed by atoms with Crippen LogP contribution in [0.2, 0.25) is 0 Å². The molecule has 0 spiro atoms. The molecule has 19 heavy (non-hydrogen) atoms. The van der Waals surface area contributed by atoms with Crippen molar-refractivity contribution in [3.8, 4) is 0 Å². The van der Waals surface area contributed by atoms with Crippen LogP contribution < -0.4 is 0 Å². The Hall–Kier alpha value is -1.61. The number of aliphatic hydroxyl groups is 1. The lowest BCUT2D eigenvalue weighted by Gasteiger charge is -2.18. The maximum absolute atomic E-state index is 10.5. The molecule has 3 rings (SSSR count). The highest BCUT2D eigenvalue weighted by molar-refractivity contribution is 5.35. The van der Waals surface area contributed by atoms with E-state index in [2.05, 4.69) is 31.1 Å². The third-order valence-corrected chi connectivity index (χ3v) is 4.07. The van der Waals surface area contributed by atoms with Gasteiger partial charge in [-0.1, -0.05) is 38.1 Å². The highest BCUT2D eigenvalue weighted by Gasteiger charge is 2.33. The fraction of sp³-hybridized carbons (Fsp3) is 0.438. The normalized spacial score (nSPS) is 21.6. The zero-order valence-electron chi connectivity index (χ0n) is 11.5. The number of benzene rings is 1. The number of rotatable bonds is 3. The van der Waals surface area contributed by atoms with Crippen molar-refractivity contribution in [2.24, 2.45) is 0 Å². The van der Waals surface area contributed by atoms with Gasteiger partial charge >= 0.3 is 0 Å². The molecule has 1 N–H and O–H groups in total. The lowest BCUT2D eigenvalue weighted by atomic mass is 10.1. The van der Waals surface area contributed by atoms with Gasteiger partial charge in [-0.15, -0.1) is 0 Å². The molecule has 2 unspecified atom stereocenters. The number of fused-ring (bicyclic) bond motifs is 1. The Labute approximate surface area is 113 Å². The molecule has 2 atom stereocenters. The van der Waals surface area contributed by atoms with Crippen LogP contribution in [0.1, 0.15) is 48.5 Å². The average Bonchev–Trinajstić information content (AvgIpc) is 3.00. The third-order valence-electron chi connectivity index (χ3n) is 4.07. The van der Waals surface area contributed by atoms with Crippen molar-refractivity contribution in [2.75, 3.05) is 0 Å². The van der Waals surface area contributed by atoms with Crippen LogP contribution in [0.25, 0.3) is 0 Å². The molecule has 2 aromatic rings. The quantitative estimate of drug-likeness (QED) is 0.917. The predicted octanol–water partition coefficient (Wildman–Crippen LogP) is 2.84. The van der Waals surface area contributed by atoms with Crippen molar-refractivity contribution < 1.29 is 5.11 Å². The molecule has 1 aliphatic rings. The maximum Gasteiger partial charge on any atom is 0.102 e. The largest absolute Gasteiger partial charge is 0.386 e. The second-order valence-electron chi connectivity index (χ2n) is 5.19. The highest BCUT2D eigenvalue weighted by atomic mass is 16.3. The van der Waals surface area contributed by atoms with Crippen molar-refractivity contribution >= 4 is 0 Å². The summed E-state index contributed by atoms with van der Waals surface area (Å²) in [6, 6.07) is 10.4. The van der Waals surface area contributed by atoms with Crippen molar-refractivity contribution in [1.82, 2.24) is 9.78 Å². The topological polar surface area (TPSA) is 38.0 Å². The van der Waals surface area contributed by atoms with E-state index < -0.39 is 6.10 Å². The summed E-state index contributed by atoms with van der Waals surface area (Å²) in [7, 11) is 0. The lowest BCUT2D eigenvalue weighted by Crippen LogP contribution is -2.17. The van der Waals surface area contributed by atoms with E-state index in [-0.39, 0.29) is 6.04 Å². The first-order chi connectivity index (χ1) is 9.24. The Morgan fingerprint density at radius 3 is 2.74 bits per heavy atom. The Kier molecular flexibility index (Phi) is 3.15. The molecule has 0 saturated carbocycles. The summed E-state index contributed by atoms with van der Waals surface area (Å²) in [4.78, 5) is 0. The summed E-state index contributed by atoms with van der Waals surface area (Å²) in [5.74, 6) is 0. The van der Waals surface area contributed by atoms with E-state index in [1.54, 1.807) is 0 Å². The molecule has 0 bridgehead atoms. The Bertz CT molecular complexity index is 588. The van der Waals surface area contributed by atoms with Gasteiger partial charge in [0.1, 0.15) is 6.10 Å². The van der Waals surface area contributed by atoms with Crippen molar-refractivity contribution in [3.63, 3.8) is 0 Å². The van der Waals surface area contributed by atoms with Crippen LogP contribution in [-0.2, 0) is 19.3 Å². The van der Waals surface area contributed by atoms with Gasteiger partial charge in [-0.05, 0) is 36.5 Å². The first-order valence-electron chi connectivity index (χ1n) is 7.07. The number of hydrogen-bond donors (Lipinski definition) is 1. The second-order valence-corrected chi connectivity index (χ2v) is 5.19. The third kappa shape index (κ3) is 1.98. The van der Waals surface area contributed by atoms with E-state index in [0.717, 1.165) is 30.5 Å².